The second-order valence-electron chi connectivity index (χ2n) is 12.6. The van der Waals surface area contributed by atoms with E-state index < -0.39 is 77.3 Å². The predicted molar refractivity (Wildman–Crippen MR) is 162 cm³/mol. The molecule has 0 spiro atoms. The van der Waals surface area contributed by atoms with Crippen LogP contribution < -0.4 is 0 Å². The Balaban J connectivity index is 6.04. The number of nitrogens with zero attached hydrogens (tertiary/aromatic N) is 1. The van der Waals surface area contributed by atoms with E-state index in [0.29, 0.717) is 13.0 Å². The van der Waals surface area contributed by atoms with E-state index in [1.165, 1.54) is 12.2 Å². The number of esters is 4. The van der Waals surface area contributed by atoms with Crippen LogP contribution in [-0.4, -0.2) is 117 Å². The van der Waals surface area contributed by atoms with E-state index in [1.807, 2.05) is 13.8 Å². The minimum absolute atomic E-state index is 0.105. The molecule has 2 unspecified atom stereocenters. The van der Waals surface area contributed by atoms with E-state index in [4.69, 9.17) is 38.0 Å². The molecule has 0 saturated carbocycles. The van der Waals surface area contributed by atoms with Crippen molar-refractivity contribution in [3.05, 3.63) is 0 Å². The molecule has 0 aliphatic rings. The van der Waals surface area contributed by atoms with Crippen molar-refractivity contribution in [1.29, 1.82) is 0 Å². The molecule has 0 aromatic heterocycles. The molecule has 0 aromatic rings. The molecule has 0 bridgehead atoms. The van der Waals surface area contributed by atoms with Gasteiger partial charge in [0.1, 0.15) is 36.7 Å². The molecule has 0 radical (unpaired) electrons. The second kappa shape index (κ2) is 20.3. The highest BCUT2D eigenvalue weighted by atomic mass is 16.7. The highest BCUT2D eigenvalue weighted by Gasteiger charge is 2.44. The summed E-state index contributed by atoms with van der Waals surface area (Å²) in [6.07, 6.45) is -4.81. The Morgan fingerprint density at radius 2 is 1.09 bits per heavy atom. The van der Waals surface area contributed by atoms with Gasteiger partial charge in [0.2, 0.25) is 12.2 Å². The molecule has 15 heteroatoms. The van der Waals surface area contributed by atoms with Crippen LogP contribution in [-0.2, 0) is 66.8 Å². The first kappa shape index (κ1) is 43.0. The molecular weight excluding hydrogens is 610 g/mol. The van der Waals surface area contributed by atoms with Gasteiger partial charge in [-0.1, -0.05) is 0 Å². The fourth-order valence-electron chi connectivity index (χ4n) is 3.48. The Kier molecular flexibility index (Phi) is 19.0. The largest absolute Gasteiger partial charge is 0.463 e. The van der Waals surface area contributed by atoms with Crippen molar-refractivity contribution in [3.63, 3.8) is 0 Å². The van der Waals surface area contributed by atoms with Gasteiger partial charge in [-0.15, -0.1) is 0 Å². The zero-order valence-electron chi connectivity index (χ0n) is 29.2. The molecule has 2 atom stereocenters. The van der Waals surface area contributed by atoms with Crippen LogP contribution in [0.1, 0.15) is 87.5 Å². The topological polar surface area (TPSA) is 179 Å². The summed E-state index contributed by atoms with van der Waals surface area (Å²) in [5.41, 5.74) is -2.54. The van der Waals surface area contributed by atoms with Crippen molar-refractivity contribution in [2.24, 2.45) is 0 Å². The third-order valence-electron chi connectivity index (χ3n) is 6.42. The molecule has 266 valence electrons. The molecule has 0 N–H and O–H groups in total. The van der Waals surface area contributed by atoms with Gasteiger partial charge in [-0.2, -0.15) is 5.06 Å². The SMILES string of the molecule is COCCC(C)(C)OCCC(C)(C)OC(=O)C(OC(=O)CC(C)=O)C(OC(=O)CC(C)=O)C(=O)OCCC(C)(C)OCN(C)OC. The first-order valence-electron chi connectivity index (χ1n) is 14.9. The van der Waals surface area contributed by atoms with Gasteiger partial charge >= 0.3 is 23.9 Å². The van der Waals surface area contributed by atoms with Crippen LogP contribution >= 0.6 is 0 Å². The summed E-state index contributed by atoms with van der Waals surface area (Å²) in [5, 5.41) is 1.43. The van der Waals surface area contributed by atoms with Crippen molar-refractivity contribution < 1.29 is 66.8 Å². The number of ketones is 2. The minimum atomic E-state index is -2.16. The number of hydrogen-bond acceptors (Lipinski definition) is 15. The predicted octanol–water partition coefficient (Wildman–Crippen LogP) is 2.49. The maximum Gasteiger partial charge on any atom is 0.352 e. The van der Waals surface area contributed by atoms with Crippen LogP contribution in [0.15, 0.2) is 0 Å². The van der Waals surface area contributed by atoms with Gasteiger partial charge in [0.25, 0.3) is 0 Å². The number of methoxy groups -OCH3 is 1. The van der Waals surface area contributed by atoms with Crippen LogP contribution in [0.4, 0.5) is 0 Å². The lowest BCUT2D eigenvalue weighted by Crippen LogP contribution is -2.49. The van der Waals surface area contributed by atoms with E-state index in [0.717, 1.165) is 13.8 Å². The van der Waals surface area contributed by atoms with E-state index in [9.17, 15) is 28.8 Å². The summed E-state index contributed by atoms with van der Waals surface area (Å²) in [5.74, 6) is -6.01. The Hall–Kier alpha value is -2.98. The lowest BCUT2D eigenvalue weighted by atomic mass is 10.0. The highest BCUT2D eigenvalue weighted by molar-refractivity contribution is 5.97. The summed E-state index contributed by atoms with van der Waals surface area (Å²) < 4.78 is 38.0. The monoisotopic (exact) mass is 663 g/mol. The second-order valence-corrected chi connectivity index (χ2v) is 12.6. The molecule has 0 fully saturated rings. The summed E-state index contributed by atoms with van der Waals surface area (Å²) in [6.45, 7) is 13.1. The standard InChI is InChI=1S/C31H53NO14/c1-21(33)18-23(35)44-25(27(37)41-16-13-30(5,6)43-20-32(9)40-11)26(45-24(36)19-22(2)34)28(38)46-31(7,8)14-17-42-29(3,4)12-15-39-10/h25-26H,12-20H2,1-11H3. The first-order chi connectivity index (χ1) is 21.1. The summed E-state index contributed by atoms with van der Waals surface area (Å²) in [7, 11) is 4.70. The molecule has 0 amide bonds. The van der Waals surface area contributed by atoms with Gasteiger partial charge in [-0.05, 0) is 61.8 Å². The van der Waals surface area contributed by atoms with E-state index in [1.54, 1.807) is 41.9 Å². The van der Waals surface area contributed by atoms with Gasteiger partial charge in [0.15, 0.2) is 0 Å². The van der Waals surface area contributed by atoms with Gasteiger partial charge in [-0.25, -0.2) is 9.59 Å². The number of rotatable bonds is 24. The van der Waals surface area contributed by atoms with Crippen molar-refractivity contribution in [2.45, 2.75) is 117 Å². The lowest BCUT2D eigenvalue weighted by molar-refractivity contribution is -0.204. The quantitative estimate of drug-likeness (QED) is 0.0483. The van der Waals surface area contributed by atoms with E-state index in [2.05, 4.69) is 0 Å². The fraction of sp³-hybridized carbons (Fsp3) is 0.806. The Morgan fingerprint density at radius 1 is 0.630 bits per heavy atom. The third kappa shape index (κ3) is 19.5. The average molecular weight is 664 g/mol. The molecule has 0 aliphatic carbocycles. The fourth-order valence-corrected chi connectivity index (χ4v) is 3.48. The Bertz CT molecular complexity index is 1020. The van der Waals surface area contributed by atoms with Crippen LogP contribution in [0.2, 0.25) is 0 Å². The molecule has 15 nitrogen and oxygen atoms in total. The van der Waals surface area contributed by atoms with Gasteiger partial charge < -0.3 is 38.0 Å². The highest BCUT2D eigenvalue weighted by Crippen LogP contribution is 2.23. The number of Topliss-reactive ketones (excluding diaryl/α,β-unsaturated/α-hetero) is 2. The first-order valence-corrected chi connectivity index (χ1v) is 14.9. The van der Waals surface area contributed by atoms with Crippen LogP contribution in [0.25, 0.3) is 0 Å². The minimum Gasteiger partial charge on any atom is -0.463 e. The summed E-state index contributed by atoms with van der Waals surface area (Å²) in [4.78, 5) is 80.0. The van der Waals surface area contributed by atoms with Crippen molar-refractivity contribution >= 4 is 35.4 Å². The zero-order chi connectivity index (χ0) is 35.7. The smallest absolute Gasteiger partial charge is 0.352 e. The zero-order valence-corrected chi connectivity index (χ0v) is 29.2. The molecule has 0 saturated heterocycles. The number of carbonyl (C=O) groups is 6. The van der Waals surface area contributed by atoms with Crippen molar-refractivity contribution in [2.75, 3.05) is 47.8 Å². The molecule has 46 heavy (non-hydrogen) atoms. The van der Waals surface area contributed by atoms with Crippen LogP contribution in [0, 0.1) is 0 Å². The summed E-state index contributed by atoms with van der Waals surface area (Å²) >= 11 is 0. The number of hydrogen-bond donors (Lipinski definition) is 0. The maximum atomic E-state index is 13.5. The summed E-state index contributed by atoms with van der Waals surface area (Å²) in [6, 6.07) is 0. The number of hydroxylamine groups is 2. The van der Waals surface area contributed by atoms with Crippen molar-refractivity contribution in [3.8, 4) is 0 Å². The molecule has 0 rings (SSSR count). The Labute approximate surface area is 271 Å². The lowest BCUT2D eigenvalue weighted by Gasteiger charge is -2.31. The van der Waals surface area contributed by atoms with Gasteiger partial charge in [0, 0.05) is 33.6 Å². The van der Waals surface area contributed by atoms with Gasteiger partial charge in [0.05, 0.1) is 31.5 Å². The van der Waals surface area contributed by atoms with Crippen LogP contribution in [0.5, 0.6) is 0 Å². The van der Waals surface area contributed by atoms with E-state index >= 15 is 0 Å². The van der Waals surface area contributed by atoms with Crippen LogP contribution in [0.3, 0.4) is 0 Å². The molecule has 0 aliphatic heterocycles. The molecule has 0 aromatic carbocycles. The van der Waals surface area contributed by atoms with E-state index in [-0.39, 0.29) is 32.8 Å². The van der Waals surface area contributed by atoms with Crippen molar-refractivity contribution in [1.82, 2.24) is 5.06 Å². The maximum absolute atomic E-state index is 13.5. The molecule has 0 heterocycles. The number of carbonyl (C=O) groups excluding carboxylic acids is 6. The average Bonchev–Trinajstić information content (AvgIpc) is 2.90. The normalized spacial score (nSPS) is 13.5. The van der Waals surface area contributed by atoms with Gasteiger partial charge in [-0.3, -0.25) is 19.2 Å². The Morgan fingerprint density at radius 3 is 1.57 bits per heavy atom. The number of ether oxygens (including phenoxy) is 7. The molecular formula is C31H53NO14. The third-order valence-corrected chi connectivity index (χ3v) is 6.42.